The van der Waals surface area contributed by atoms with Crippen molar-refractivity contribution < 1.29 is 22.7 Å². The van der Waals surface area contributed by atoms with Crippen LogP contribution in [-0.2, 0) is 11.0 Å². The Bertz CT molecular complexity index is 652. The summed E-state index contributed by atoms with van der Waals surface area (Å²) in [6.07, 6.45) is -2.46. The van der Waals surface area contributed by atoms with Crippen LogP contribution in [0.2, 0.25) is 0 Å². The number of carbonyl (C=O) groups excluding carboxylic acids is 1. The van der Waals surface area contributed by atoms with Crippen LogP contribution < -0.4 is 20.7 Å². The van der Waals surface area contributed by atoms with Crippen LogP contribution in [0.3, 0.4) is 0 Å². The maximum atomic E-state index is 12.7. The molecule has 0 saturated heterocycles. The Balaban J connectivity index is 0.00000392. The smallest absolute Gasteiger partial charge is 0.416 e. The molecule has 0 bridgehead atoms. The highest BCUT2D eigenvalue weighted by Crippen LogP contribution is 2.31. The number of nitrogens with zero attached hydrogens (tertiary/aromatic N) is 1. The lowest BCUT2D eigenvalue weighted by molar-refractivity contribution is -0.137. The van der Waals surface area contributed by atoms with E-state index < -0.39 is 11.7 Å². The Morgan fingerprint density at radius 3 is 2.61 bits per heavy atom. The van der Waals surface area contributed by atoms with E-state index in [-0.39, 0.29) is 48.2 Å². The topological polar surface area (TPSA) is 74.8 Å². The number of nitrogens with one attached hydrogen (secondary N) is 3. The molecule has 1 amide bonds. The normalized spacial score (nSPS) is 14.1. The quantitative estimate of drug-likeness (QED) is 0.205. The molecule has 1 aromatic carbocycles. The van der Waals surface area contributed by atoms with Crippen molar-refractivity contribution in [3.05, 3.63) is 29.8 Å². The van der Waals surface area contributed by atoms with Crippen LogP contribution in [0.5, 0.6) is 5.75 Å². The molecule has 0 aromatic heterocycles. The first-order valence-electron chi connectivity index (χ1n) is 9.00. The number of hydrogen-bond donors (Lipinski definition) is 3. The first-order valence-corrected chi connectivity index (χ1v) is 9.00. The van der Waals surface area contributed by atoms with Gasteiger partial charge >= 0.3 is 6.18 Å². The molecule has 0 aliphatic heterocycles. The predicted octanol–water partition coefficient (Wildman–Crippen LogP) is 2.78. The van der Waals surface area contributed by atoms with Crippen LogP contribution in [0.25, 0.3) is 0 Å². The molecule has 28 heavy (non-hydrogen) atoms. The maximum absolute atomic E-state index is 12.7. The zero-order chi connectivity index (χ0) is 19.7. The van der Waals surface area contributed by atoms with Gasteiger partial charge in [0.25, 0.3) is 0 Å². The number of halogens is 4. The van der Waals surface area contributed by atoms with Crippen LogP contribution in [0.1, 0.15) is 25.3 Å². The van der Waals surface area contributed by atoms with E-state index in [0.29, 0.717) is 32.1 Å². The van der Waals surface area contributed by atoms with Gasteiger partial charge in [0.15, 0.2) is 5.96 Å². The Hall–Kier alpha value is -1.72. The number of alkyl halides is 3. The average Bonchev–Trinajstić information content (AvgIpc) is 3.46. The van der Waals surface area contributed by atoms with Crippen LogP contribution in [0, 0.1) is 5.92 Å². The van der Waals surface area contributed by atoms with Gasteiger partial charge in [0.05, 0.1) is 18.7 Å². The van der Waals surface area contributed by atoms with Crippen LogP contribution in [0.15, 0.2) is 29.3 Å². The molecule has 6 nitrogen and oxygen atoms in total. The molecule has 1 aliphatic rings. The Morgan fingerprint density at radius 1 is 1.21 bits per heavy atom. The van der Waals surface area contributed by atoms with E-state index in [2.05, 4.69) is 20.9 Å². The van der Waals surface area contributed by atoms with Gasteiger partial charge in [-0.15, -0.1) is 24.0 Å². The monoisotopic (exact) mass is 514 g/mol. The van der Waals surface area contributed by atoms with Crippen LogP contribution >= 0.6 is 24.0 Å². The van der Waals surface area contributed by atoms with Crippen molar-refractivity contribution in [1.29, 1.82) is 0 Å². The lowest BCUT2D eigenvalue weighted by atomic mass is 10.2. The fourth-order valence-electron chi connectivity index (χ4n) is 2.28. The zero-order valence-corrected chi connectivity index (χ0v) is 18.0. The van der Waals surface area contributed by atoms with Crippen molar-refractivity contribution in [1.82, 2.24) is 16.0 Å². The van der Waals surface area contributed by atoms with E-state index in [1.807, 2.05) is 6.92 Å². The number of guanidine groups is 1. The largest absolute Gasteiger partial charge is 0.492 e. The van der Waals surface area contributed by atoms with Gasteiger partial charge < -0.3 is 20.7 Å². The summed E-state index contributed by atoms with van der Waals surface area (Å²) in [5.74, 6) is 0.980. The highest BCUT2D eigenvalue weighted by molar-refractivity contribution is 14.0. The van der Waals surface area contributed by atoms with Gasteiger partial charge in [-0.25, -0.2) is 0 Å². The standard InChI is InChI=1S/C18H25F3N4O2.HI/c1-2-22-17(24-9-8-23-16(26)13-6-7-13)25-10-11-27-15-5-3-4-14(12-15)18(19,20)21;/h3-5,12-13H,2,6-11H2,1H3,(H,23,26)(H2,22,24,25);1H. The van der Waals surface area contributed by atoms with E-state index >= 15 is 0 Å². The van der Waals surface area contributed by atoms with Gasteiger partial charge in [-0.3, -0.25) is 9.79 Å². The van der Waals surface area contributed by atoms with Crippen molar-refractivity contribution in [2.24, 2.45) is 10.9 Å². The third kappa shape index (κ3) is 8.98. The molecule has 1 aromatic rings. The Labute approximate surface area is 179 Å². The minimum atomic E-state index is -4.39. The van der Waals surface area contributed by atoms with Gasteiger partial charge in [0.2, 0.25) is 5.91 Å². The summed E-state index contributed by atoms with van der Waals surface area (Å²) in [6, 6.07) is 4.77. The molecule has 1 saturated carbocycles. The van der Waals surface area contributed by atoms with E-state index in [1.54, 1.807) is 0 Å². The van der Waals surface area contributed by atoms with E-state index in [0.717, 1.165) is 25.0 Å². The maximum Gasteiger partial charge on any atom is 0.416 e. The molecular weight excluding hydrogens is 488 g/mol. The highest BCUT2D eigenvalue weighted by Gasteiger charge is 2.30. The molecular formula is C18H26F3IN4O2. The molecule has 0 atom stereocenters. The summed E-state index contributed by atoms with van der Waals surface area (Å²) in [7, 11) is 0. The molecule has 10 heteroatoms. The van der Waals surface area contributed by atoms with Crippen LogP contribution in [0.4, 0.5) is 13.2 Å². The van der Waals surface area contributed by atoms with Gasteiger partial charge in [-0.05, 0) is 38.0 Å². The van der Waals surface area contributed by atoms with E-state index in [9.17, 15) is 18.0 Å². The fourth-order valence-corrected chi connectivity index (χ4v) is 2.28. The first-order chi connectivity index (χ1) is 12.9. The number of carbonyl (C=O) groups is 1. The summed E-state index contributed by atoms with van der Waals surface area (Å²) in [5.41, 5.74) is -0.740. The number of amides is 1. The third-order valence-electron chi connectivity index (χ3n) is 3.80. The minimum Gasteiger partial charge on any atom is -0.492 e. The van der Waals surface area contributed by atoms with Crippen molar-refractivity contribution in [3.63, 3.8) is 0 Å². The number of aliphatic imine (C=N–C) groups is 1. The third-order valence-corrected chi connectivity index (χ3v) is 3.80. The average molecular weight is 514 g/mol. The molecule has 0 heterocycles. The van der Waals surface area contributed by atoms with Crippen molar-refractivity contribution >= 4 is 35.8 Å². The summed E-state index contributed by atoms with van der Waals surface area (Å²) in [4.78, 5) is 15.9. The van der Waals surface area contributed by atoms with E-state index in [4.69, 9.17) is 4.74 Å². The van der Waals surface area contributed by atoms with Crippen molar-refractivity contribution in [2.75, 3.05) is 32.8 Å². The van der Waals surface area contributed by atoms with Crippen molar-refractivity contribution in [3.8, 4) is 5.75 Å². The van der Waals surface area contributed by atoms with E-state index in [1.165, 1.54) is 12.1 Å². The molecule has 3 N–H and O–H groups in total. The summed E-state index contributed by atoms with van der Waals surface area (Å²) < 4.78 is 43.4. The molecule has 2 rings (SSSR count). The summed E-state index contributed by atoms with van der Waals surface area (Å²) >= 11 is 0. The number of benzene rings is 1. The summed E-state index contributed by atoms with van der Waals surface area (Å²) in [6.45, 7) is 4.04. The predicted molar refractivity (Wildman–Crippen MR) is 112 cm³/mol. The summed E-state index contributed by atoms with van der Waals surface area (Å²) in [5, 5.41) is 8.92. The minimum absolute atomic E-state index is 0. The Morgan fingerprint density at radius 2 is 1.96 bits per heavy atom. The molecule has 0 spiro atoms. The second-order valence-corrected chi connectivity index (χ2v) is 6.13. The second kappa shape index (κ2) is 12.0. The second-order valence-electron chi connectivity index (χ2n) is 6.13. The lowest BCUT2D eigenvalue weighted by Gasteiger charge is -2.13. The van der Waals surface area contributed by atoms with Gasteiger partial charge in [0.1, 0.15) is 12.4 Å². The molecule has 0 radical (unpaired) electrons. The van der Waals surface area contributed by atoms with Crippen molar-refractivity contribution in [2.45, 2.75) is 25.9 Å². The highest BCUT2D eigenvalue weighted by atomic mass is 127. The Kier molecular flexibility index (Phi) is 10.4. The first kappa shape index (κ1) is 24.3. The van der Waals surface area contributed by atoms with Gasteiger partial charge in [-0.2, -0.15) is 13.2 Å². The van der Waals surface area contributed by atoms with Crippen LogP contribution in [-0.4, -0.2) is 44.7 Å². The number of rotatable bonds is 9. The zero-order valence-electron chi connectivity index (χ0n) is 15.6. The van der Waals surface area contributed by atoms with Gasteiger partial charge in [0, 0.05) is 19.0 Å². The SMILES string of the molecule is CCNC(=NCCNC(=O)C1CC1)NCCOc1cccc(C(F)(F)F)c1.I. The fraction of sp³-hybridized carbons (Fsp3) is 0.556. The molecule has 0 unspecified atom stereocenters. The number of ether oxygens (including phenoxy) is 1. The molecule has 1 fully saturated rings. The molecule has 158 valence electrons. The molecule has 1 aliphatic carbocycles. The van der Waals surface area contributed by atoms with Gasteiger partial charge in [-0.1, -0.05) is 6.07 Å². The lowest BCUT2D eigenvalue weighted by Crippen LogP contribution is -2.40. The number of hydrogen-bond acceptors (Lipinski definition) is 3.